The summed E-state index contributed by atoms with van der Waals surface area (Å²) in [5.74, 6) is 0.0523. The zero-order valence-corrected chi connectivity index (χ0v) is 7.79. The lowest BCUT2D eigenvalue weighted by Crippen LogP contribution is -2.37. The molecule has 70 valence electrons. The number of hydrogen-bond acceptors (Lipinski definition) is 2. The molecule has 3 nitrogen and oxygen atoms in total. The first-order valence-electron chi connectivity index (χ1n) is 4.11. The van der Waals surface area contributed by atoms with Gasteiger partial charge in [-0.1, -0.05) is 6.08 Å². The van der Waals surface area contributed by atoms with Crippen LogP contribution in [0.1, 0.15) is 19.8 Å². The van der Waals surface area contributed by atoms with Crippen LogP contribution in [0.4, 0.5) is 0 Å². The molecule has 0 bridgehead atoms. The summed E-state index contributed by atoms with van der Waals surface area (Å²) in [5.41, 5.74) is 0. The second kappa shape index (κ2) is 5.77. The lowest BCUT2D eigenvalue weighted by atomic mass is 10.2. The molecule has 0 aliphatic heterocycles. The monoisotopic (exact) mass is 171 g/mol. The molecule has 0 aromatic carbocycles. The Bertz CT molecular complexity index is 157. The Labute approximate surface area is 73.7 Å². The van der Waals surface area contributed by atoms with Crippen LogP contribution in [0.2, 0.25) is 0 Å². The van der Waals surface area contributed by atoms with Crippen LogP contribution in [0.15, 0.2) is 12.7 Å². The Morgan fingerprint density at radius 1 is 1.75 bits per heavy atom. The van der Waals surface area contributed by atoms with Crippen molar-refractivity contribution in [3.05, 3.63) is 12.7 Å². The lowest BCUT2D eigenvalue weighted by Gasteiger charge is -2.22. The van der Waals surface area contributed by atoms with Crippen LogP contribution in [-0.2, 0) is 4.79 Å². The van der Waals surface area contributed by atoms with E-state index >= 15 is 0 Å². The van der Waals surface area contributed by atoms with Crippen LogP contribution in [0.25, 0.3) is 0 Å². The molecule has 0 radical (unpaired) electrons. The van der Waals surface area contributed by atoms with E-state index in [0.717, 1.165) is 0 Å². The van der Waals surface area contributed by atoms with Crippen molar-refractivity contribution in [2.75, 3.05) is 13.7 Å². The summed E-state index contributed by atoms with van der Waals surface area (Å²) >= 11 is 0. The van der Waals surface area contributed by atoms with Crippen LogP contribution in [0, 0.1) is 0 Å². The molecule has 0 rings (SSSR count). The number of allylic oxidation sites excluding steroid dienone is 1. The first-order chi connectivity index (χ1) is 5.63. The number of hydrogen-bond donors (Lipinski definition) is 1. The first-order valence-corrected chi connectivity index (χ1v) is 4.11. The third kappa shape index (κ3) is 3.53. The quantitative estimate of drug-likeness (QED) is 0.621. The summed E-state index contributed by atoms with van der Waals surface area (Å²) in [4.78, 5) is 12.8. The van der Waals surface area contributed by atoms with E-state index in [1.807, 2.05) is 6.92 Å². The average Bonchev–Trinajstić information content (AvgIpc) is 2.11. The average molecular weight is 171 g/mol. The fourth-order valence-electron chi connectivity index (χ4n) is 0.770. The van der Waals surface area contributed by atoms with Crippen molar-refractivity contribution in [1.29, 1.82) is 0 Å². The molecule has 0 spiro atoms. The highest BCUT2D eigenvalue weighted by atomic mass is 16.3. The van der Waals surface area contributed by atoms with Gasteiger partial charge in [0.15, 0.2) is 0 Å². The molecule has 0 aliphatic rings. The Hall–Kier alpha value is -0.830. The zero-order chi connectivity index (χ0) is 9.56. The van der Waals surface area contributed by atoms with Gasteiger partial charge in [0.25, 0.3) is 0 Å². The summed E-state index contributed by atoms with van der Waals surface area (Å²) < 4.78 is 0. The molecule has 1 N–H and O–H groups in total. The molecule has 0 aliphatic carbocycles. The standard InChI is InChI=1S/C9H17NO2/c1-4-5-6-9(12)10(3)8(2)7-11/h4,8,11H,1,5-7H2,2-3H3. The van der Waals surface area contributed by atoms with Gasteiger partial charge in [-0.3, -0.25) is 4.79 Å². The van der Waals surface area contributed by atoms with Gasteiger partial charge >= 0.3 is 0 Å². The molecule has 0 saturated heterocycles. The van der Waals surface area contributed by atoms with Crippen molar-refractivity contribution >= 4 is 5.91 Å². The minimum Gasteiger partial charge on any atom is -0.394 e. The van der Waals surface area contributed by atoms with Crippen LogP contribution < -0.4 is 0 Å². The number of nitrogens with zero attached hydrogens (tertiary/aromatic N) is 1. The molecule has 12 heavy (non-hydrogen) atoms. The van der Waals surface area contributed by atoms with Crippen molar-refractivity contribution in [2.24, 2.45) is 0 Å². The summed E-state index contributed by atoms with van der Waals surface area (Å²) in [6.07, 6.45) is 2.89. The third-order valence-corrected chi connectivity index (χ3v) is 1.88. The van der Waals surface area contributed by atoms with Gasteiger partial charge < -0.3 is 10.0 Å². The predicted molar refractivity (Wildman–Crippen MR) is 48.7 cm³/mol. The van der Waals surface area contributed by atoms with Gasteiger partial charge in [0, 0.05) is 13.5 Å². The second-order valence-corrected chi connectivity index (χ2v) is 2.86. The maximum absolute atomic E-state index is 11.3. The van der Waals surface area contributed by atoms with Crippen LogP contribution in [-0.4, -0.2) is 35.6 Å². The number of amides is 1. The van der Waals surface area contributed by atoms with Crippen molar-refractivity contribution in [3.8, 4) is 0 Å². The van der Waals surface area contributed by atoms with E-state index in [1.54, 1.807) is 18.0 Å². The molecule has 0 fully saturated rings. The molecule has 1 atom stereocenters. The van der Waals surface area contributed by atoms with E-state index in [0.29, 0.717) is 12.8 Å². The van der Waals surface area contributed by atoms with Crippen LogP contribution in [0.3, 0.4) is 0 Å². The minimum atomic E-state index is -0.0951. The molecule has 1 unspecified atom stereocenters. The summed E-state index contributed by atoms with van der Waals surface area (Å²) in [6, 6.07) is -0.0951. The van der Waals surface area contributed by atoms with Gasteiger partial charge in [-0.2, -0.15) is 0 Å². The second-order valence-electron chi connectivity index (χ2n) is 2.86. The van der Waals surface area contributed by atoms with Gasteiger partial charge in [-0.25, -0.2) is 0 Å². The van der Waals surface area contributed by atoms with Crippen LogP contribution in [0.5, 0.6) is 0 Å². The maximum atomic E-state index is 11.3. The lowest BCUT2D eigenvalue weighted by molar-refractivity contribution is -0.132. The molecular formula is C9H17NO2. The molecular weight excluding hydrogens is 154 g/mol. The molecule has 0 heterocycles. The van der Waals surface area contributed by atoms with Gasteiger partial charge in [0.1, 0.15) is 0 Å². The van der Waals surface area contributed by atoms with Gasteiger partial charge in [-0.05, 0) is 13.3 Å². The summed E-state index contributed by atoms with van der Waals surface area (Å²) in [7, 11) is 1.70. The Kier molecular flexibility index (Phi) is 5.37. The zero-order valence-electron chi connectivity index (χ0n) is 7.79. The molecule has 0 aromatic heterocycles. The number of likely N-dealkylation sites (N-methyl/N-ethyl adjacent to an activating group) is 1. The highest BCUT2D eigenvalue weighted by Crippen LogP contribution is 2.00. The largest absolute Gasteiger partial charge is 0.394 e. The molecule has 3 heteroatoms. The number of carbonyl (C=O) groups excluding carboxylic acids is 1. The SMILES string of the molecule is C=CCCC(=O)N(C)C(C)CO. The van der Waals surface area contributed by atoms with Crippen LogP contribution >= 0.6 is 0 Å². The Balaban J connectivity index is 3.83. The Morgan fingerprint density at radius 2 is 2.33 bits per heavy atom. The van der Waals surface area contributed by atoms with E-state index in [1.165, 1.54) is 0 Å². The maximum Gasteiger partial charge on any atom is 0.222 e. The van der Waals surface area contributed by atoms with Gasteiger partial charge in [0.05, 0.1) is 12.6 Å². The topological polar surface area (TPSA) is 40.5 Å². The summed E-state index contributed by atoms with van der Waals surface area (Å²) in [5, 5.41) is 8.77. The predicted octanol–water partition coefficient (Wildman–Crippen LogP) is 0.792. The van der Waals surface area contributed by atoms with E-state index < -0.39 is 0 Å². The molecule has 1 amide bonds. The van der Waals surface area contributed by atoms with E-state index in [9.17, 15) is 4.79 Å². The fraction of sp³-hybridized carbons (Fsp3) is 0.667. The first kappa shape index (κ1) is 11.2. The third-order valence-electron chi connectivity index (χ3n) is 1.88. The normalized spacial score (nSPS) is 12.2. The van der Waals surface area contributed by atoms with Gasteiger partial charge in [-0.15, -0.1) is 6.58 Å². The van der Waals surface area contributed by atoms with E-state index in [4.69, 9.17) is 5.11 Å². The van der Waals surface area contributed by atoms with Crippen molar-refractivity contribution in [1.82, 2.24) is 4.90 Å². The van der Waals surface area contributed by atoms with Crippen molar-refractivity contribution < 1.29 is 9.90 Å². The van der Waals surface area contributed by atoms with E-state index in [-0.39, 0.29) is 18.6 Å². The van der Waals surface area contributed by atoms with E-state index in [2.05, 4.69) is 6.58 Å². The summed E-state index contributed by atoms with van der Waals surface area (Å²) in [6.45, 7) is 5.36. The molecule has 0 saturated carbocycles. The highest BCUT2D eigenvalue weighted by Gasteiger charge is 2.13. The fourth-order valence-corrected chi connectivity index (χ4v) is 0.770. The van der Waals surface area contributed by atoms with Crippen molar-refractivity contribution in [2.45, 2.75) is 25.8 Å². The molecule has 0 aromatic rings. The van der Waals surface area contributed by atoms with Gasteiger partial charge in [0.2, 0.25) is 5.91 Å². The minimum absolute atomic E-state index is 0.0102. The smallest absolute Gasteiger partial charge is 0.222 e. The highest BCUT2D eigenvalue weighted by molar-refractivity contribution is 5.76. The number of aliphatic hydroxyl groups excluding tert-OH is 1. The van der Waals surface area contributed by atoms with Crippen molar-refractivity contribution in [3.63, 3.8) is 0 Å². The number of aliphatic hydroxyl groups is 1. The number of carbonyl (C=O) groups is 1. The Morgan fingerprint density at radius 3 is 2.75 bits per heavy atom. The number of rotatable bonds is 5.